The predicted octanol–water partition coefficient (Wildman–Crippen LogP) is 2.32. The molecule has 4 rings (SSSR count). The topological polar surface area (TPSA) is 113 Å². The summed E-state index contributed by atoms with van der Waals surface area (Å²) in [5, 5.41) is 3.71. The van der Waals surface area contributed by atoms with E-state index >= 15 is 0 Å². The number of aromatic nitrogens is 4. The minimum absolute atomic E-state index is 0.0821. The fraction of sp³-hybridized carbons (Fsp3) is 0.150. The number of hydrogen-bond acceptors (Lipinski definition) is 6. The Morgan fingerprint density at radius 2 is 1.86 bits per heavy atom. The number of fused-ring (bicyclic) bond motifs is 1. The highest BCUT2D eigenvalue weighted by molar-refractivity contribution is 7.08. The Hall–Kier alpha value is -3.59. The van der Waals surface area contributed by atoms with Gasteiger partial charge < -0.3 is 5.73 Å². The summed E-state index contributed by atoms with van der Waals surface area (Å²) >= 11 is 1.46. The Balaban J connectivity index is 1.95. The van der Waals surface area contributed by atoms with E-state index in [1.165, 1.54) is 20.5 Å². The van der Waals surface area contributed by atoms with E-state index in [0.717, 1.165) is 5.56 Å². The van der Waals surface area contributed by atoms with Gasteiger partial charge in [-0.05, 0) is 18.4 Å². The van der Waals surface area contributed by atoms with Crippen LogP contribution in [0, 0.1) is 0 Å². The third-order valence-electron chi connectivity index (χ3n) is 4.58. The van der Waals surface area contributed by atoms with E-state index in [-0.39, 0.29) is 29.2 Å². The molecule has 0 aliphatic heterocycles. The number of ketones is 1. The van der Waals surface area contributed by atoms with Crippen LogP contribution in [-0.4, -0.2) is 30.8 Å². The maximum atomic E-state index is 13.0. The summed E-state index contributed by atoms with van der Waals surface area (Å²) < 4.78 is 2.64. The van der Waals surface area contributed by atoms with Crippen LogP contribution in [0.3, 0.4) is 0 Å². The molecule has 1 amide bonds. The molecule has 0 radical (unpaired) electrons. The molecule has 0 aliphatic rings. The second-order valence-electron chi connectivity index (χ2n) is 6.35. The normalized spacial score (nSPS) is 11.1. The first-order chi connectivity index (χ1) is 14.0. The summed E-state index contributed by atoms with van der Waals surface area (Å²) in [4.78, 5) is 46.7. The Morgan fingerprint density at radius 1 is 1.10 bits per heavy atom. The number of amides is 1. The molecule has 0 saturated heterocycles. The number of carbonyl (C=O) groups excluding carboxylic acids is 2. The first-order valence-electron chi connectivity index (χ1n) is 8.93. The van der Waals surface area contributed by atoms with Gasteiger partial charge in [0.1, 0.15) is 5.52 Å². The minimum Gasteiger partial charge on any atom is -0.364 e. The van der Waals surface area contributed by atoms with Gasteiger partial charge in [-0.1, -0.05) is 30.3 Å². The molecular formula is C20H17N5O3S. The molecule has 1 aromatic carbocycles. The Morgan fingerprint density at radius 3 is 2.48 bits per heavy atom. The molecule has 0 saturated carbocycles. The number of rotatable bonds is 6. The molecular weight excluding hydrogens is 390 g/mol. The Labute approximate surface area is 169 Å². The van der Waals surface area contributed by atoms with Crippen molar-refractivity contribution in [2.24, 2.45) is 5.73 Å². The monoisotopic (exact) mass is 407 g/mol. The van der Waals surface area contributed by atoms with Crippen molar-refractivity contribution in [2.75, 3.05) is 0 Å². The number of benzene rings is 1. The van der Waals surface area contributed by atoms with Gasteiger partial charge in [0.2, 0.25) is 0 Å². The number of thiophene rings is 1. The van der Waals surface area contributed by atoms with Gasteiger partial charge in [0.25, 0.3) is 5.91 Å². The highest BCUT2D eigenvalue weighted by Crippen LogP contribution is 2.23. The highest BCUT2D eigenvalue weighted by Gasteiger charge is 2.24. The maximum Gasteiger partial charge on any atom is 0.330 e. The van der Waals surface area contributed by atoms with Crippen LogP contribution < -0.4 is 11.4 Å². The summed E-state index contributed by atoms with van der Waals surface area (Å²) in [6.45, 7) is 1.87. The lowest BCUT2D eigenvalue weighted by atomic mass is 10.1. The van der Waals surface area contributed by atoms with Crippen molar-refractivity contribution < 1.29 is 9.59 Å². The van der Waals surface area contributed by atoms with Crippen molar-refractivity contribution in [3.63, 3.8) is 0 Å². The molecule has 4 aromatic rings. The largest absolute Gasteiger partial charge is 0.364 e. The second kappa shape index (κ2) is 7.44. The number of imidazole rings is 1. The molecule has 0 unspecified atom stereocenters. The lowest BCUT2D eigenvalue weighted by Crippen LogP contribution is -2.27. The van der Waals surface area contributed by atoms with Crippen LogP contribution in [0.1, 0.15) is 27.8 Å². The standard InChI is InChI=1S/C20H17N5O3S/c1-2-24-19-16(15(17(21)27)22-18(23-19)13-8-9-29-11-13)25(20(24)28)10-14(26)12-6-4-3-5-7-12/h3-9,11H,2,10H2,1H3,(H2,21,27). The number of nitrogens with zero attached hydrogens (tertiary/aromatic N) is 4. The molecule has 0 spiro atoms. The quantitative estimate of drug-likeness (QED) is 0.493. The highest BCUT2D eigenvalue weighted by atomic mass is 32.1. The van der Waals surface area contributed by atoms with E-state index in [2.05, 4.69) is 9.97 Å². The summed E-state index contributed by atoms with van der Waals surface area (Å²) in [7, 11) is 0. The van der Waals surface area contributed by atoms with Gasteiger partial charge in [-0.3, -0.25) is 18.7 Å². The molecule has 0 aliphatic carbocycles. The van der Waals surface area contributed by atoms with Gasteiger partial charge in [-0.2, -0.15) is 11.3 Å². The summed E-state index contributed by atoms with van der Waals surface area (Å²) in [5.74, 6) is -0.746. The van der Waals surface area contributed by atoms with Gasteiger partial charge in [-0.15, -0.1) is 0 Å². The third kappa shape index (κ3) is 3.25. The molecule has 0 fully saturated rings. The molecule has 9 heteroatoms. The predicted molar refractivity (Wildman–Crippen MR) is 110 cm³/mol. The van der Waals surface area contributed by atoms with Crippen molar-refractivity contribution in [3.05, 3.63) is 68.9 Å². The molecule has 8 nitrogen and oxygen atoms in total. The van der Waals surface area contributed by atoms with E-state index in [9.17, 15) is 14.4 Å². The second-order valence-corrected chi connectivity index (χ2v) is 7.13. The van der Waals surface area contributed by atoms with E-state index < -0.39 is 11.6 Å². The fourth-order valence-electron chi connectivity index (χ4n) is 3.19. The van der Waals surface area contributed by atoms with Gasteiger partial charge in [-0.25, -0.2) is 14.8 Å². The fourth-order valence-corrected chi connectivity index (χ4v) is 3.83. The van der Waals surface area contributed by atoms with Gasteiger partial charge in [0, 0.05) is 23.1 Å². The number of Topliss-reactive ketones (excluding diaryl/α,β-unsaturated/α-hetero) is 1. The zero-order valence-corrected chi connectivity index (χ0v) is 16.3. The third-order valence-corrected chi connectivity index (χ3v) is 5.26. The average molecular weight is 407 g/mol. The van der Waals surface area contributed by atoms with Crippen molar-refractivity contribution in [3.8, 4) is 11.4 Å². The van der Waals surface area contributed by atoms with Crippen molar-refractivity contribution in [1.82, 2.24) is 19.1 Å². The van der Waals surface area contributed by atoms with Crippen LogP contribution in [0.2, 0.25) is 0 Å². The van der Waals surface area contributed by atoms with Crippen molar-refractivity contribution >= 4 is 34.2 Å². The maximum absolute atomic E-state index is 13.0. The van der Waals surface area contributed by atoms with E-state index in [4.69, 9.17) is 5.73 Å². The number of carbonyl (C=O) groups is 2. The molecule has 3 aromatic heterocycles. The number of nitrogens with two attached hydrogens (primary N) is 1. The Bertz CT molecular complexity index is 1270. The lowest BCUT2D eigenvalue weighted by molar-refractivity contribution is 0.0966. The SMILES string of the molecule is CCn1c(=O)n(CC(=O)c2ccccc2)c2c(C(N)=O)nc(-c3ccsc3)nc21. The first kappa shape index (κ1) is 18.8. The Kier molecular flexibility index (Phi) is 4.81. The van der Waals surface area contributed by atoms with Crippen LogP contribution in [-0.2, 0) is 13.1 Å². The zero-order chi connectivity index (χ0) is 20.5. The van der Waals surface area contributed by atoms with Gasteiger partial charge >= 0.3 is 5.69 Å². The van der Waals surface area contributed by atoms with E-state index in [0.29, 0.717) is 17.9 Å². The average Bonchev–Trinajstić information content (AvgIpc) is 3.35. The summed E-state index contributed by atoms with van der Waals surface area (Å²) in [6.07, 6.45) is 0. The smallest absolute Gasteiger partial charge is 0.330 e. The molecule has 2 N–H and O–H groups in total. The van der Waals surface area contributed by atoms with E-state index in [1.54, 1.807) is 37.3 Å². The molecule has 0 atom stereocenters. The number of hydrogen-bond donors (Lipinski definition) is 1. The summed E-state index contributed by atoms with van der Waals surface area (Å²) in [5.41, 5.74) is 6.70. The van der Waals surface area contributed by atoms with Crippen LogP contribution in [0.5, 0.6) is 0 Å². The molecule has 3 heterocycles. The summed E-state index contributed by atoms with van der Waals surface area (Å²) in [6, 6.07) is 10.5. The molecule has 146 valence electrons. The zero-order valence-electron chi connectivity index (χ0n) is 15.5. The van der Waals surface area contributed by atoms with Crippen molar-refractivity contribution in [2.45, 2.75) is 20.0 Å². The number of aryl methyl sites for hydroxylation is 1. The molecule has 0 bridgehead atoms. The minimum atomic E-state index is -0.789. The lowest BCUT2D eigenvalue weighted by Gasteiger charge is -2.07. The molecule has 29 heavy (non-hydrogen) atoms. The van der Waals surface area contributed by atoms with Crippen LogP contribution in [0.25, 0.3) is 22.6 Å². The first-order valence-corrected chi connectivity index (χ1v) is 9.87. The van der Waals surface area contributed by atoms with Crippen LogP contribution in [0.4, 0.5) is 0 Å². The van der Waals surface area contributed by atoms with Gasteiger partial charge in [0.05, 0.1) is 6.54 Å². The van der Waals surface area contributed by atoms with E-state index in [1.807, 2.05) is 16.8 Å². The number of primary amides is 1. The van der Waals surface area contributed by atoms with Gasteiger partial charge in [0.15, 0.2) is 22.9 Å². The van der Waals surface area contributed by atoms with Crippen LogP contribution in [0.15, 0.2) is 52.0 Å². The van der Waals surface area contributed by atoms with Crippen molar-refractivity contribution in [1.29, 1.82) is 0 Å². The van der Waals surface area contributed by atoms with Crippen LogP contribution >= 0.6 is 11.3 Å².